The number of aromatic nitrogens is 2. The zero-order valence-electron chi connectivity index (χ0n) is 16.2. The molecule has 8 nitrogen and oxygen atoms in total. The number of carbonyl (C=O) groups is 1. The fourth-order valence-electron chi connectivity index (χ4n) is 2.64. The lowest BCUT2D eigenvalue weighted by Gasteiger charge is -2.15. The van der Waals surface area contributed by atoms with Crippen LogP contribution >= 0.6 is 11.8 Å². The molecule has 0 saturated heterocycles. The van der Waals surface area contributed by atoms with E-state index < -0.39 is 10.0 Å². The maximum absolute atomic E-state index is 12.5. The van der Waals surface area contributed by atoms with Gasteiger partial charge in [-0.25, -0.2) is 13.4 Å². The number of sulfonamides is 1. The fourth-order valence-corrected chi connectivity index (χ4v) is 4.02. The van der Waals surface area contributed by atoms with E-state index in [4.69, 9.17) is 4.42 Å². The molecule has 0 aliphatic rings. The molecule has 0 bridgehead atoms. The molecule has 2 heterocycles. The Bertz CT molecular complexity index is 1100. The van der Waals surface area contributed by atoms with Gasteiger partial charge in [-0.15, -0.1) is 0 Å². The Morgan fingerprint density at radius 2 is 2.10 bits per heavy atom. The van der Waals surface area contributed by atoms with Crippen LogP contribution in [0.3, 0.4) is 0 Å². The second kappa shape index (κ2) is 8.75. The van der Waals surface area contributed by atoms with Crippen molar-refractivity contribution in [3.05, 3.63) is 65.9 Å². The number of hydrogen-bond donors (Lipinski definition) is 2. The van der Waals surface area contributed by atoms with Crippen LogP contribution in [-0.2, 0) is 22.8 Å². The van der Waals surface area contributed by atoms with Gasteiger partial charge in [0.15, 0.2) is 10.9 Å². The van der Waals surface area contributed by atoms with Gasteiger partial charge in [0.25, 0.3) is 5.91 Å². The fraction of sp³-hybridized carbons (Fsp3) is 0.263. The van der Waals surface area contributed by atoms with Crippen molar-refractivity contribution in [1.29, 1.82) is 0 Å². The second-order valence-electron chi connectivity index (χ2n) is 6.57. The first-order chi connectivity index (χ1) is 13.7. The third-order valence-corrected chi connectivity index (χ3v) is 5.73. The average molecular weight is 435 g/mol. The van der Waals surface area contributed by atoms with E-state index in [9.17, 15) is 13.2 Å². The first kappa shape index (κ1) is 21.0. The number of amides is 1. The van der Waals surface area contributed by atoms with Gasteiger partial charge in [-0.2, -0.15) is 0 Å². The molecule has 1 unspecified atom stereocenters. The van der Waals surface area contributed by atoms with Gasteiger partial charge in [0, 0.05) is 25.1 Å². The third kappa shape index (κ3) is 5.88. The first-order valence-corrected chi connectivity index (χ1v) is 11.7. The molecule has 1 amide bonds. The molecule has 1 aromatic carbocycles. The van der Waals surface area contributed by atoms with Crippen LogP contribution < -0.4 is 10.0 Å². The summed E-state index contributed by atoms with van der Waals surface area (Å²) in [4.78, 5) is 16.7. The summed E-state index contributed by atoms with van der Waals surface area (Å²) in [5.74, 6) is 1.12. The van der Waals surface area contributed by atoms with Crippen LogP contribution in [0.5, 0.6) is 0 Å². The maximum atomic E-state index is 12.5. The number of nitrogens with zero attached hydrogens (tertiary/aromatic N) is 2. The predicted octanol–water partition coefficient (Wildman–Crippen LogP) is 3.17. The Hall–Kier alpha value is -2.72. The van der Waals surface area contributed by atoms with Crippen LogP contribution in [0.1, 0.15) is 34.8 Å². The number of benzene rings is 1. The van der Waals surface area contributed by atoms with Gasteiger partial charge in [-0.1, -0.05) is 23.9 Å². The first-order valence-electron chi connectivity index (χ1n) is 8.79. The van der Waals surface area contributed by atoms with Crippen molar-refractivity contribution in [2.75, 3.05) is 11.0 Å². The highest BCUT2D eigenvalue weighted by molar-refractivity contribution is 7.98. The molecule has 2 aromatic heterocycles. The summed E-state index contributed by atoms with van der Waals surface area (Å²) >= 11 is 1.52. The van der Waals surface area contributed by atoms with Gasteiger partial charge in [0.2, 0.25) is 10.0 Å². The molecular formula is C19H22N4O4S2. The molecule has 3 aromatic rings. The van der Waals surface area contributed by atoms with Gasteiger partial charge >= 0.3 is 0 Å². The van der Waals surface area contributed by atoms with Crippen molar-refractivity contribution in [3.8, 4) is 0 Å². The molecule has 154 valence electrons. The van der Waals surface area contributed by atoms with Crippen molar-refractivity contribution in [1.82, 2.24) is 14.9 Å². The molecule has 0 saturated carbocycles. The summed E-state index contributed by atoms with van der Waals surface area (Å²) < 4.78 is 32.8. The Morgan fingerprint density at radius 3 is 2.79 bits per heavy atom. The lowest BCUT2D eigenvalue weighted by Crippen LogP contribution is -2.26. The molecule has 0 radical (unpaired) electrons. The van der Waals surface area contributed by atoms with E-state index in [1.54, 1.807) is 36.5 Å². The smallest absolute Gasteiger partial charge is 0.287 e. The van der Waals surface area contributed by atoms with Gasteiger partial charge < -0.3 is 14.3 Å². The van der Waals surface area contributed by atoms with E-state index in [2.05, 4.69) is 15.0 Å². The largest absolute Gasteiger partial charge is 0.455 e. The number of anilines is 1. The summed E-state index contributed by atoms with van der Waals surface area (Å²) in [6, 6.07) is 9.95. The van der Waals surface area contributed by atoms with Gasteiger partial charge in [-0.3, -0.25) is 9.52 Å². The highest BCUT2D eigenvalue weighted by atomic mass is 32.2. The Balaban J connectivity index is 1.61. The summed E-state index contributed by atoms with van der Waals surface area (Å²) in [7, 11) is -1.45. The molecule has 0 fully saturated rings. The van der Waals surface area contributed by atoms with Crippen LogP contribution in [0.25, 0.3) is 0 Å². The van der Waals surface area contributed by atoms with Crippen LogP contribution in [-0.4, -0.2) is 30.1 Å². The van der Waals surface area contributed by atoms with Crippen molar-refractivity contribution < 1.29 is 17.6 Å². The quantitative estimate of drug-likeness (QED) is 0.528. The van der Waals surface area contributed by atoms with E-state index in [1.807, 2.05) is 30.8 Å². The summed E-state index contributed by atoms with van der Waals surface area (Å²) in [5.41, 5.74) is 1.21. The normalized spacial score (nSPS) is 12.5. The molecule has 10 heteroatoms. The molecule has 0 aliphatic carbocycles. The van der Waals surface area contributed by atoms with Crippen LogP contribution in [0.2, 0.25) is 0 Å². The molecular weight excluding hydrogens is 412 g/mol. The minimum Gasteiger partial charge on any atom is -0.455 e. The summed E-state index contributed by atoms with van der Waals surface area (Å²) in [6.45, 7) is 1.82. The number of aryl methyl sites for hydroxylation is 1. The Labute approximate surface area is 173 Å². The number of hydrogen-bond acceptors (Lipinski definition) is 6. The molecule has 0 spiro atoms. The molecule has 3 rings (SSSR count). The van der Waals surface area contributed by atoms with Gasteiger partial charge in [-0.05, 0) is 36.8 Å². The topological polar surface area (TPSA) is 106 Å². The number of furan rings is 1. The zero-order chi connectivity index (χ0) is 21.0. The number of nitrogens with one attached hydrogen (secondary N) is 2. The molecule has 2 N–H and O–H groups in total. The van der Waals surface area contributed by atoms with Crippen LogP contribution in [0.4, 0.5) is 5.69 Å². The lowest BCUT2D eigenvalue weighted by molar-refractivity contribution is 0.0910. The predicted molar refractivity (Wildman–Crippen MR) is 112 cm³/mol. The monoisotopic (exact) mass is 434 g/mol. The van der Waals surface area contributed by atoms with Crippen LogP contribution in [0, 0.1) is 0 Å². The number of rotatable bonds is 8. The SMILES string of the molecule is CC(NC(=O)c1ccc(CSc2nccn2C)o1)c1cccc(NS(C)(=O)=O)c1. The van der Waals surface area contributed by atoms with Crippen molar-refractivity contribution >= 4 is 33.4 Å². The summed E-state index contributed by atoms with van der Waals surface area (Å²) in [5, 5.41) is 3.73. The third-order valence-electron chi connectivity index (χ3n) is 4.04. The van der Waals surface area contributed by atoms with Gasteiger partial charge in [0.1, 0.15) is 5.76 Å². The Morgan fingerprint density at radius 1 is 1.31 bits per heavy atom. The van der Waals surface area contributed by atoms with Crippen molar-refractivity contribution in [2.24, 2.45) is 7.05 Å². The van der Waals surface area contributed by atoms with E-state index in [1.165, 1.54) is 11.8 Å². The van der Waals surface area contributed by atoms with E-state index in [0.717, 1.165) is 17.0 Å². The van der Waals surface area contributed by atoms with E-state index in [0.29, 0.717) is 17.2 Å². The molecule has 29 heavy (non-hydrogen) atoms. The minimum absolute atomic E-state index is 0.220. The minimum atomic E-state index is -3.37. The Kier molecular flexibility index (Phi) is 6.33. The number of imidazole rings is 1. The van der Waals surface area contributed by atoms with E-state index in [-0.39, 0.29) is 17.7 Å². The number of carbonyl (C=O) groups excluding carboxylic acids is 1. The van der Waals surface area contributed by atoms with E-state index >= 15 is 0 Å². The molecule has 1 atom stereocenters. The van der Waals surface area contributed by atoms with Crippen molar-refractivity contribution in [3.63, 3.8) is 0 Å². The van der Waals surface area contributed by atoms with Crippen molar-refractivity contribution in [2.45, 2.75) is 23.9 Å². The molecule has 0 aliphatic heterocycles. The zero-order valence-corrected chi connectivity index (χ0v) is 17.9. The highest BCUT2D eigenvalue weighted by Crippen LogP contribution is 2.23. The lowest BCUT2D eigenvalue weighted by atomic mass is 10.1. The van der Waals surface area contributed by atoms with Gasteiger partial charge in [0.05, 0.1) is 18.1 Å². The van der Waals surface area contributed by atoms with Crippen LogP contribution in [0.15, 0.2) is 58.4 Å². The summed E-state index contributed by atoms with van der Waals surface area (Å²) in [6.07, 6.45) is 4.68. The number of thioether (sulfide) groups is 1. The average Bonchev–Trinajstić information content (AvgIpc) is 3.27. The second-order valence-corrected chi connectivity index (χ2v) is 9.26. The standard InChI is InChI=1S/C19H22N4O4S2/c1-13(14-5-4-6-15(11-14)22-29(3,25)26)21-18(24)17-8-7-16(27-17)12-28-19-20-9-10-23(19)2/h4-11,13,22H,12H2,1-3H3,(H,21,24). The highest BCUT2D eigenvalue weighted by Gasteiger charge is 2.16. The maximum Gasteiger partial charge on any atom is 0.287 e.